The number of carbonyl (C=O) groups excluding carboxylic acids is 1. The van der Waals surface area contributed by atoms with E-state index in [1.54, 1.807) is 12.4 Å². The molecule has 1 unspecified atom stereocenters. The molecule has 3 N–H and O–H groups in total. The van der Waals surface area contributed by atoms with Crippen LogP contribution in [0.25, 0.3) is 11.6 Å². The molecular weight excluding hydrogens is 400 g/mol. The molecule has 0 amide bonds. The molecule has 178 valence electrons. The lowest BCUT2D eigenvalue weighted by Crippen LogP contribution is -2.05. The van der Waals surface area contributed by atoms with Crippen LogP contribution >= 0.6 is 0 Å². The SMILES string of the molecule is CCCCCCC/C=C/c1cc(/C(C=NC(C)C)=C/N)ccc1C(O)CCCC(=O)OC. The van der Waals surface area contributed by atoms with Crippen molar-refractivity contribution in [2.75, 3.05) is 7.11 Å². The number of ether oxygens (including phenoxy) is 1. The van der Waals surface area contributed by atoms with Crippen LogP contribution in [-0.4, -0.2) is 30.4 Å². The van der Waals surface area contributed by atoms with Crippen LogP contribution in [-0.2, 0) is 9.53 Å². The van der Waals surface area contributed by atoms with Crippen LogP contribution in [0.15, 0.2) is 35.5 Å². The van der Waals surface area contributed by atoms with Crippen LogP contribution in [0.5, 0.6) is 0 Å². The van der Waals surface area contributed by atoms with Gasteiger partial charge in [-0.05, 0) is 62.3 Å². The van der Waals surface area contributed by atoms with Crippen LogP contribution < -0.4 is 5.73 Å². The number of aliphatic hydroxyl groups excluding tert-OH is 1. The Morgan fingerprint density at radius 3 is 2.59 bits per heavy atom. The van der Waals surface area contributed by atoms with Crippen LogP contribution in [0.2, 0.25) is 0 Å². The Bertz CT molecular complexity index is 766. The van der Waals surface area contributed by atoms with Gasteiger partial charge in [0.05, 0.1) is 13.2 Å². The molecule has 0 saturated heterocycles. The molecule has 32 heavy (non-hydrogen) atoms. The lowest BCUT2D eigenvalue weighted by atomic mass is 9.94. The van der Waals surface area contributed by atoms with Crippen LogP contribution in [0.3, 0.4) is 0 Å². The van der Waals surface area contributed by atoms with Crippen molar-refractivity contribution in [1.82, 2.24) is 0 Å². The summed E-state index contributed by atoms with van der Waals surface area (Å²) >= 11 is 0. The zero-order chi connectivity index (χ0) is 23.8. The normalized spacial score (nSPS) is 13.4. The number of methoxy groups -OCH3 is 1. The Morgan fingerprint density at radius 2 is 1.94 bits per heavy atom. The van der Waals surface area contributed by atoms with E-state index in [0.29, 0.717) is 19.3 Å². The Morgan fingerprint density at radius 1 is 1.19 bits per heavy atom. The molecule has 1 atom stereocenters. The summed E-state index contributed by atoms with van der Waals surface area (Å²) in [5.74, 6) is -0.252. The van der Waals surface area contributed by atoms with Gasteiger partial charge in [0, 0.05) is 30.5 Å². The van der Waals surface area contributed by atoms with Crippen molar-refractivity contribution in [3.8, 4) is 0 Å². The third-order valence-corrected chi connectivity index (χ3v) is 5.33. The van der Waals surface area contributed by atoms with Gasteiger partial charge < -0.3 is 15.6 Å². The lowest BCUT2D eigenvalue weighted by molar-refractivity contribution is -0.140. The number of hydrogen-bond acceptors (Lipinski definition) is 5. The molecule has 0 bridgehead atoms. The lowest BCUT2D eigenvalue weighted by Gasteiger charge is -2.16. The van der Waals surface area contributed by atoms with Gasteiger partial charge in [-0.1, -0.05) is 56.9 Å². The Kier molecular flexibility index (Phi) is 14.0. The quantitative estimate of drug-likeness (QED) is 0.192. The van der Waals surface area contributed by atoms with E-state index in [1.807, 2.05) is 26.0 Å². The first-order chi connectivity index (χ1) is 15.4. The van der Waals surface area contributed by atoms with Gasteiger partial charge in [-0.15, -0.1) is 0 Å². The van der Waals surface area contributed by atoms with Crippen molar-refractivity contribution in [1.29, 1.82) is 0 Å². The number of rotatable bonds is 15. The topological polar surface area (TPSA) is 84.9 Å². The monoisotopic (exact) mass is 442 g/mol. The third-order valence-electron chi connectivity index (χ3n) is 5.33. The number of nitrogens with two attached hydrogens (primary N) is 1. The summed E-state index contributed by atoms with van der Waals surface area (Å²) in [5, 5.41) is 10.8. The molecule has 0 aliphatic heterocycles. The summed E-state index contributed by atoms with van der Waals surface area (Å²) in [6.07, 6.45) is 15.6. The number of hydrogen-bond donors (Lipinski definition) is 2. The van der Waals surface area contributed by atoms with Gasteiger partial charge in [0.15, 0.2) is 0 Å². The number of benzene rings is 1. The molecule has 0 spiro atoms. The van der Waals surface area contributed by atoms with Gasteiger partial charge in [-0.2, -0.15) is 0 Å². The number of aliphatic imine (C=N–C) groups is 1. The highest BCUT2D eigenvalue weighted by molar-refractivity contribution is 6.09. The third kappa shape index (κ3) is 10.8. The number of aliphatic hydroxyl groups is 1. The number of nitrogens with zero attached hydrogens (tertiary/aromatic N) is 1. The second-order valence-corrected chi connectivity index (χ2v) is 8.43. The molecule has 5 nitrogen and oxygen atoms in total. The van der Waals surface area contributed by atoms with Gasteiger partial charge in [0.1, 0.15) is 0 Å². The summed E-state index contributed by atoms with van der Waals surface area (Å²) in [6, 6.07) is 6.16. The zero-order valence-electron chi connectivity index (χ0n) is 20.3. The van der Waals surface area contributed by atoms with E-state index in [1.165, 1.54) is 39.2 Å². The van der Waals surface area contributed by atoms with E-state index in [9.17, 15) is 9.90 Å². The van der Waals surface area contributed by atoms with Crippen LogP contribution in [0, 0.1) is 0 Å². The molecule has 1 aromatic carbocycles. The molecule has 5 heteroatoms. The Hall–Kier alpha value is -2.40. The number of unbranched alkanes of at least 4 members (excludes halogenated alkanes) is 5. The van der Waals surface area contributed by atoms with Gasteiger partial charge in [-0.25, -0.2) is 0 Å². The van der Waals surface area contributed by atoms with Gasteiger partial charge >= 0.3 is 5.97 Å². The summed E-state index contributed by atoms with van der Waals surface area (Å²) in [4.78, 5) is 15.8. The predicted molar refractivity (Wildman–Crippen MR) is 135 cm³/mol. The predicted octanol–water partition coefficient (Wildman–Crippen LogP) is 6.22. The van der Waals surface area contributed by atoms with Crippen molar-refractivity contribution < 1.29 is 14.6 Å². The van der Waals surface area contributed by atoms with E-state index in [4.69, 9.17) is 10.5 Å². The maximum Gasteiger partial charge on any atom is 0.305 e. The molecule has 0 aliphatic rings. The summed E-state index contributed by atoms with van der Waals surface area (Å²) in [5.41, 5.74) is 9.50. The first kappa shape index (κ1) is 27.6. The number of allylic oxidation sites excluding steroid dienone is 2. The second-order valence-electron chi connectivity index (χ2n) is 8.43. The maximum atomic E-state index is 11.4. The van der Waals surface area contributed by atoms with Crippen molar-refractivity contribution in [2.24, 2.45) is 10.7 Å². The van der Waals surface area contributed by atoms with E-state index in [0.717, 1.165) is 28.7 Å². The molecule has 0 fully saturated rings. The van der Waals surface area contributed by atoms with Crippen molar-refractivity contribution in [2.45, 2.75) is 90.7 Å². The molecular formula is C27H42N2O3. The fraction of sp³-hybridized carbons (Fsp3) is 0.556. The number of carbonyl (C=O) groups is 1. The van der Waals surface area contributed by atoms with Crippen LogP contribution in [0.4, 0.5) is 0 Å². The molecule has 0 saturated carbocycles. The zero-order valence-corrected chi connectivity index (χ0v) is 20.3. The highest BCUT2D eigenvalue weighted by Gasteiger charge is 2.14. The minimum absolute atomic E-state index is 0.188. The van der Waals surface area contributed by atoms with Gasteiger partial charge in [-0.3, -0.25) is 9.79 Å². The second kappa shape index (κ2) is 16.3. The fourth-order valence-corrected chi connectivity index (χ4v) is 3.42. The van der Waals surface area contributed by atoms with E-state index < -0.39 is 6.10 Å². The van der Waals surface area contributed by atoms with E-state index >= 15 is 0 Å². The van der Waals surface area contributed by atoms with Gasteiger partial charge in [0.25, 0.3) is 0 Å². The standard InChI is InChI=1S/C27H42N2O3/c1-5-6-7-8-9-10-11-13-23-18-22(24(19-28)20-29-21(2)3)16-17-25(23)26(30)14-12-15-27(31)32-4/h11,13,16-21,26,30H,5-10,12,14-15,28H2,1-4H3/b13-11+,24-19+,29-20?. The van der Waals surface area contributed by atoms with Gasteiger partial charge in [0.2, 0.25) is 0 Å². The van der Waals surface area contributed by atoms with E-state index in [2.05, 4.69) is 30.1 Å². The Labute approximate surface area is 194 Å². The minimum atomic E-state index is -0.646. The summed E-state index contributed by atoms with van der Waals surface area (Å²) < 4.78 is 4.69. The Balaban J connectivity index is 3.01. The molecule has 1 aromatic rings. The molecule has 0 aliphatic carbocycles. The highest BCUT2D eigenvalue weighted by Crippen LogP contribution is 2.27. The average molecular weight is 443 g/mol. The first-order valence-electron chi connectivity index (χ1n) is 11.9. The van der Waals surface area contributed by atoms with Crippen LogP contribution in [0.1, 0.15) is 101 Å². The molecule has 0 heterocycles. The first-order valence-corrected chi connectivity index (χ1v) is 11.9. The maximum absolute atomic E-state index is 11.4. The van der Waals surface area contributed by atoms with Crippen molar-refractivity contribution >= 4 is 23.8 Å². The largest absolute Gasteiger partial charge is 0.469 e. The van der Waals surface area contributed by atoms with Crippen molar-refractivity contribution in [3.63, 3.8) is 0 Å². The molecule has 1 rings (SSSR count). The summed E-state index contributed by atoms with van der Waals surface area (Å²) in [6.45, 7) is 6.26. The summed E-state index contributed by atoms with van der Waals surface area (Å²) in [7, 11) is 1.38. The van der Waals surface area contributed by atoms with Crippen molar-refractivity contribution in [3.05, 3.63) is 47.2 Å². The fourth-order valence-electron chi connectivity index (χ4n) is 3.42. The number of esters is 1. The minimum Gasteiger partial charge on any atom is -0.469 e. The molecule has 0 radical (unpaired) electrons. The molecule has 0 aromatic heterocycles. The smallest absolute Gasteiger partial charge is 0.305 e. The average Bonchev–Trinajstić information content (AvgIpc) is 2.78. The highest BCUT2D eigenvalue weighted by atomic mass is 16.5. The van der Waals surface area contributed by atoms with E-state index in [-0.39, 0.29) is 12.0 Å².